The third-order valence-electron chi connectivity index (χ3n) is 6.04. The number of allylic oxidation sites excluding steroid dienone is 1. The molecule has 0 atom stereocenters. The zero-order chi connectivity index (χ0) is 17.6. The molecule has 0 amide bonds. The molecule has 1 aromatic rings. The van der Waals surface area contributed by atoms with Crippen molar-refractivity contribution in [1.29, 1.82) is 0 Å². The number of benzene rings is 1. The molecular weight excluding hydrogens is 296 g/mol. The van der Waals surface area contributed by atoms with Gasteiger partial charge in [0, 0.05) is 11.5 Å². The van der Waals surface area contributed by atoms with E-state index in [4.69, 9.17) is 4.74 Å². The first-order valence-electron chi connectivity index (χ1n) is 9.22. The van der Waals surface area contributed by atoms with E-state index in [9.17, 15) is 4.79 Å². The lowest BCUT2D eigenvalue weighted by Crippen LogP contribution is -2.34. The number of carbonyl (C=O) groups is 1. The summed E-state index contributed by atoms with van der Waals surface area (Å²) in [5, 5.41) is 0. The standard InChI is InChI=1S/C22H30O2/c1-6-24-19(23)9-10-22(13-14-22)16-7-8-17-18(15-16)21(4,5)12-11-20(17,2)3/h7-10,15H,6,11-14H2,1-5H3/b10-9+. The molecule has 0 unspecified atom stereocenters. The molecule has 0 bridgehead atoms. The van der Waals surface area contributed by atoms with E-state index in [1.54, 1.807) is 6.08 Å². The second-order valence-corrected chi connectivity index (χ2v) is 8.77. The van der Waals surface area contributed by atoms with Gasteiger partial charge in [-0.1, -0.05) is 52.0 Å². The molecule has 2 nitrogen and oxygen atoms in total. The molecule has 1 saturated carbocycles. The van der Waals surface area contributed by atoms with Crippen LogP contribution in [0.2, 0.25) is 0 Å². The van der Waals surface area contributed by atoms with Crippen LogP contribution in [-0.4, -0.2) is 12.6 Å². The van der Waals surface area contributed by atoms with E-state index in [0.29, 0.717) is 6.61 Å². The van der Waals surface area contributed by atoms with Crippen molar-refractivity contribution < 1.29 is 9.53 Å². The fourth-order valence-electron chi connectivity index (χ4n) is 4.00. The minimum Gasteiger partial charge on any atom is -0.463 e. The molecule has 2 heteroatoms. The predicted molar refractivity (Wildman–Crippen MR) is 98.4 cm³/mol. The number of hydrogen-bond donors (Lipinski definition) is 0. The number of carbonyl (C=O) groups excluding carboxylic acids is 1. The highest BCUT2D eigenvalue weighted by molar-refractivity contribution is 5.82. The quantitative estimate of drug-likeness (QED) is 0.562. The number of hydrogen-bond acceptors (Lipinski definition) is 2. The summed E-state index contributed by atoms with van der Waals surface area (Å²) in [6.45, 7) is 11.7. The minimum atomic E-state index is -0.233. The van der Waals surface area contributed by atoms with Crippen LogP contribution in [0.5, 0.6) is 0 Å². The van der Waals surface area contributed by atoms with Gasteiger partial charge in [-0.3, -0.25) is 0 Å². The van der Waals surface area contributed by atoms with Gasteiger partial charge >= 0.3 is 5.97 Å². The largest absolute Gasteiger partial charge is 0.463 e. The Kier molecular flexibility index (Phi) is 4.14. The summed E-state index contributed by atoms with van der Waals surface area (Å²) < 4.78 is 5.03. The molecule has 0 heterocycles. The van der Waals surface area contributed by atoms with Crippen molar-refractivity contribution in [3.05, 3.63) is 47.0 Å². The fraction of sp³-hybridized carbons (Fsp3) is 0.591. The van der Waals surface area contributed by atoms with Crippen molar-refractivity contribution in [1.82, 2.24) is 0 Å². The predicted octanol–water partition coefficient (Wildman–Crippen LogP) is 5.19. The molecule has 1 fully saturated rings. The molecule has 1 aromatic carbocycles. The summed E-state index contributed by atoms with van der Waals surface area (Å²) in [5.41, 5.74) is 4.86. The van der Waals surface area contributed by atoms with Gasteiger partial charge in [0.2, 0.25) is 0 Å². The summed E-state index contributed by atoms with van der Waals surface area (Å²) >= 11 is 0. The molecular formula is C22H30O2. The highest BCUT2D eigenvalue weighted by Crippen LogP contribution is 2.52. The maximum Gasteiger partial charge on any atom is 0.330 e. The van der Waals surface area contributed by atoms with Gasteiger partial charge in [0.25, 0.3) is 0 Å². The van der Waals surface area contributed by atoms with Gasteiger partial charge in [-0.25, -0.2) is 4.79 Å². The van der Waals surface area contributed by atoms with Crippen molar-refractivity contribution in [3.63, 3.8) is 0 Å². The average molecular weight is 326 g/mol. The van der Waals surface area contributed by atoms with Crippen molar-refractivity contribution in [2.24, 2.45) is 0 Å². The van der Waals surface area contributed by atoms with Gasteiger partial charge in [0.15, 0.2) is 0 Å². The van der Waals surface area contributed by atoms with Crippen LogP contribution >= 0.6 is 0 Å². The number of fused-ring (bicyclic) bond motifs is 1. The van der Waals surface area contributed by atoms with Crippen molar-refractivity contribution >= 4 is 5.97 Å². The van der Waals surface area contributed by atoms with Crippen LogP contribution in [0.1, 0.15) is 77.0 Å². The third kappa shape index (κ3) is 3.03. The van der Waals surface area contributed by atoms with Gasteiger partial charge in [-0.05, 0) is 60.1 Å². The van der Waals surface area contributed by atoms with Crippen LogP contribution in [-0.2, 0) is 25.8 Å². The Labute approximate surface area is 146 Å². The smallest absolute Gasteiger partial charge is 0.330 e. The summed E-state index contributed by atoms with van der Waals surface area (Å²) in [4.78, 5) is 11.7. The molecule has 0 aromatic heterocycles. The first-order chi connectivity index (χ1) is 11.2. The lowest BCUT2D eigenvalue weighted by atomic mass is 9.62. The van der Waals surface area contributed by atoms with E-state index in [0.717, 1.165) is 12.8 Å². The Morgan fingerprint density at radius 1 is 1.04 bits per heavy atom. The maximum absolute atomic E-state index is 11.7. The lowest BCUT2D eigenvalue weighted by molar-refractivity contribution is -0.137. The van der Waals surface area contributed by atoms with Crippen LogP contribution in [0.3, 0.4) is 0 Å². The molecule has 3 rings (SSSR count). The summed E-state index contributed by atoms with van der Waals surface area (Å²) in [5.74, 6) is -0.233. The lowest BCUT2D eigenvalue weighted by Gasteiger charge is -2.42. The molecule has 0 saturated heterocycles. The first-order valence-corrected chi connectivity index (χ1v) is 9.22. The molecule has 2 aliphatic rings. The molecule has 24 heavy (non-hydrogen) atoms. The Bertz CT molecular complexity index is 675. The van der Waals surface area contributed by atoms with Crippen molar-refractivity contribution in [2.75, 3.05) is 6.61 Å². The van der Waals surface area contributed by atoms with E-state index in [2.05, 4.69) is 52.0 Å². The Morgan fingerprint density at radius 3 is 2.25 bits per heavy atom. The molecule has 130 valence electrons. The normalized spacial score (nSPS) is 22.9. The van der Waals surface area contributed by atoms with Gasteiger partial charge in [-0.15, -0.1) is 0 Å². The zero-order valence-corrected chi connectivity index (χ0v) is 15.7. The summed E-state index contributed by atoms with van der Waals surface area (Å²) in [6.07, 6.45) is 8.37. The monoisotopic (exact) mass is 326 g/mol. The van der Waals surface area contributed by atoms with E-state index in [1.165, 1.54) is 29.5 Å². The molecule has 2 aliphatic carbocycles. The molecule has 0 N–H and O–H groups in total. The zero-order valence-electron chi connectivity index (χ0n) is 15.7. The van der Waals surface area contributed by atoms with Crippen molar-refractivity contribution in [2.45, 2.75) is 76.5 Å². The Morgan fingerprint density at radius 2 is 1.67 bits per heavy atom. The summed E-state index contributed by atoms with van der Waals surface area (Å²) in [6, 6.07) is 7.03. The summed E-state index contributed by atoms with van der Waals surface area (Å²) in [7, 11) is 0. The minimum absolute atomic E-state index is 0.0411. The highest BCUT2D eigenvalue weighted by Gasteiger charge is 2.44. The van der Waals surface area contributed by atoms with Crippen LogP contribution in [0.25, 0.3) is 0 Å². The average Bonchev–Trinajstić information content (AvgIpc) is 3.31. The topological polar surface area (TPSA) is 26.3 Å². The molecule has 0 aliphatic heterocycles. The molecule has 0 spiro atoms. The fourth-order valence-corrected chi connectivity index (χ4v) is 4.00. The number of ether oxygens (including phenoxy) is 1. The van der Waals surface area contributed by atoms with Gasteiger partial charge in [0.1, 0.15) is 0 Å². The van der Waals surface area contributed by atoms with E-state index < -0.39 is 0 Å². The number of rotatable bonds is 4. The second kappa shape index (κ2) is 5.75. The van der Waals surface area contributed by atoms with Gasteiger partial charge in [0.05, 0.1) is 6.61 Å². The van der Waals surface area contributed by atoms with Crippen LogP contribution in [0.4, 0.5) is 0 Å². The highest BCUT2D eigenvalue weighted by atomic mass is 16.5. The maximum atomic E-state index is 11.7. The van der Waals surface area contributed by atoms with Crippen LogP contribution in [0.15, 0.2) is 30.4 Å². The van der Waals surface area contributed by atoms with Crippen LogP contribution in [0, 0.1) is 0 Å². The van der Waals surface area contributed by atoms with E-state index in [-0.39, 0.29) is 22.2 Å². The first kappa shape index (κ1) is 17.3. The third-order valence-corrected chi connectivity index (χ3v) is 6.04. The van der Waals surface area contributed by atoms with E-state index in [1.807, 2.05) is 6.92 Å². The Balaban J connectivity index is 1.95. The van der Waals surface area contributed by atoms with Gasteiger partial charge in [-0.2, -0.15) is 0 Å². The Hall–Kier alpha value is -1.57. The van der Waals surface area contributed by atoms with Crippen LogP contribution < -0.4 is 0 Å². The molecule has 0 radical (unpaired) electrons. The van der Waals surface area contributed by atoms with Crippen molar-refractivity contribution in [3.8, 4) is 0 Å². The number of esters is 1. The SMILES string of the molecule is CCOC(=O)/C=C/C1(c2ccc3c(c2)C(C)(C)CCC3(C)C)CC1. The van der Waals surface area contributed by atoms with E-state index >= 15 is 0 Å². The second-order valence-electron chi connectivity index (χ2n) is 8.77. The van der Waals surface area contributed by atoms with Gasteiger partial charge < -0.3 is 4.74 Å².